The van der Waals surface area contributed by atoms with E-state index >= 15 is 0 Å². The molecule has 3 N–H and O–H groups in total. The number of nitrogens with one attached hydrogen (secondary N) is 1. The Kier molecular flexibility index (Phi) is 5.17. The van der Waals surface area contributed by atoms with E-state index in [4.69, 9.17) is 28.9 Å². The van der Waals surface area contributed by atoms with Gasteiger partial charge in [0.2, 0.25) is 5.82 Å². The smallest absolute Gasteiger partial charge is 0.290 e. The first-order chi connectivity index (χ1) is 10.0. The minimum atomic E-state index is -0.353. The number of rotatable bonds is 5. The molecule has 0 aliphatic rings. The van der Waals surface area contributed by atoms with Crippen molar-refractivity contribution in [3.63, 3.8) is 0 Å². The fourth-order valence-corrected chi connectivity index (χ4v) is 2.33. The molecule has 0 saturated carbocycles. The highest BCUT2D eigenvalue weighted by Crippen LogP contribution is 2.28. The largest absolute Gasteiger partial charge is 0.349 e. The van der Waals surface area contributed by atoms with Crippen molar-refractivity contribution in [2.75, 3.05) is 13.1 Å². The summed E-state index contributed by atoms with van der Waals surface area (Å²) in [6.07, 6.45) is 0.696. The molecule has 8 heteroatoms. The molecule has 1 amide bonds. The molecule has 0 radical (unpaired) electrons. The standard InChI is InChI=1S/C13H15Cl2N5O/c1-8-18-12(13(21)17-7-3-6-16)19-20(8)11-9(14)4-2-5-10(11)15/h2,4-5H,3,6-7,16H2,1H3,(H,17,21). The van der Waals surface area contributed by atoms with Gasteiger partial charge in [-0.2, -0.15) is 0 Å². The summed E-state index contributed by atoms with van der Waals surface area (Å²) in [5, 5.41) is 7.74. The van der Waals surface area contributed by atoms with Crippen molar-refractivity contribution in [1.82, 2.24) is 20.1 Å². The maximum Gasteiger partial charge on any atom is 0.290 e. The number of carbonyl (C=O) groups is 1. The normalized spacial score (nSPS) is 10.7. The predicted molar refractivity (Wildman–Crippen MR) is 82.1 cm³/mol. The lowest BCUT2D eigenvalue weighted by molar-refractivity contribution is 0.0943. The SMILES string of the molecule is Cc1nc(C(=O)NCCCN)nn1-c1c(Cl)cccc1Cl. The summed E-state index contributed by atoms with van der Waals surface area (Å²) in [6.45, 7) is 2.72. The Morgan fingerprint density at radius 3 is 2.67 bits per heavy atom. The molecule has 2 rings (SSSR count). The van der Waals surface area contributed by atoms with E-state index in [1.165, 1.54) is 4.68 Å². The van der Waals surface area contributed by atoms with Crippen LogP contribution in [0.1, 0.15) is 22.9 Å². The van der Waals surface area contributed by atoms with Crippen LogP contribution in [-0.2, 0) is 0 Å². The highest BCUT2D eigenvalue weighted by atomic mass is 35.5. The van der Waals surface area contributed by atoms with E-state index in [0.717, 1.165) is 0 Å². The third-order valence-electron chi connectivity index (χ3n) is 2.79. The van der Waals surface area contributed by atoms with E-state index in [1.54, 1.807) is 25.1 Å². The third-order valence-corrected chi connectivity index (χ3v) is 3.40. The van der Waals surface area contributed by atoms with Gasteiger partial charge in [0, 0.05) is 6.54 Å². The quantitative estimate of drug-likeness (QED) is 0.822. The minimum Gasteiger partial charge on any atom is -0.349 e. The Morgan fingerprint density at radius 2 is 2.05 bits per heavy atom. The summed E-state index contributed by atoms with van der Waals surface area (Å²) in [7, 11) is 0. The Labute approximate surface area is 132 Å². The second-order valence-electron chi connectivity index (χ2n) is 4.36. The first-order valence-electron chi connectivity index (χ1n) is 6.41. The van der Waals surface area contributed by atoms with Gasteiger partial charge < -0.3 is 11.1 Å². The number of aromatic nitrogens is 3. The predicted octanol–water partition coefficient (Wildman–Crippen LogP) is 1.96. The maximum absolute atomic E-state index is 11.9. The topological polar surface area (TPSA) is 85.8 Å². The third kappa shape index (κ3) is 3.53. The molecule has 0 bridgehead atoms. The summed E-state index contributed by atoms with van der Waals surface area (Å²) in [5.74, 6) is 0.239. The number of carbonyl (C=O) groups excluding carboxylic acids is 1. The van der Waals surface area contributed by atoms with Crippen LogP contribution < -0.4 is 11.1 Å². The van der Waals surface area contributed by atoms with Crippen molar-refractivity contribution in [1.29, 1.82) is 0 Å². The van der Waals surface area contributed by atoms with Gasteiger partial charge in [0.1, 0.15) is 11.5 Å². The van der Waals surface area contributed by atoms with Gasteiger partial charge in [-0.1, -0.05) is 29.3 Å². The van der Waals surface area contributed by atoms with Crippen LogP contribution in [0.4, 0.5) is 0 Å². The first-order valence-corrected chi connectivity index (χ1v) is 7.16. The fraction of sp³-hybridized carbons (Fsp3) is 0.308. The van der Waals surface area contributed by atoms with Gasteiger partial charge in [-0.05, 0) is 32.0 Å². The zero-order valence-corrected chi connectivity index (χ0v) is 12.9. The lowest BCUT2D eigenvalue weighted by atomic mass is 10.3. The van der Waals surface area contributed by atoms with Crippen molar-refractivity contribution in [3.8, 4) is 5.69 Å². The summed E-state index contributed by atoms with van der Waals surface area (Å²) < 4.78 is 1.46. The second-order valence-corrected chi connectivity index (χ2v) is 5.18. The van der Waals surface area contributed by atoms with E-state index in [9.17, 15) is 4.79 Å². The van der Waals surface area contributed by atoms with Gasteiger partial charge in [0.15, 0.2) is 0 Å². The summed E-state index contributed by atoms with van der Waals surface area (Å²) >= 11 is 12.3. The van der Waals surface area contributed by atoms with E-state index in [1.807, 2.05) is 0 Å². The van der Waals surface area contributed by atoms with Gasteiger partial charge >= 0.3 is 0 Å². The average Bonchev–Trinajstić information content (AvgIpc) is 2.81. The molecule has 21 heavy (non-hydrogen) atoms. The molecule has 0 unspecified atom stereocenters. The number of nitrogens with two attached hydrogens (primary N) is 1. The number of para-hydroxylation sites is 1. The maximum atomic E-state index is 11.9. The fourth-order valence-electron chi connectivity index (χ4n) is 1.77. The molecule has 1 heterocycles. The number of halogens is 2. The monoisotopic (exact) mass is 327 g/mol. The number of hydrogen-bond acceptors (Lipinski definition) is 4. The van der Waals surface area contributed by atoms with Crippen LogP contribution in [0.2, 0.25) is 10.0 Å². The molecule has 0 aliphatic carbocycles. The van der Waals surface area contributed by atoms with E-state index in [2.05, 4.69) is 15.4 Å². The number of benzene rings is 1. The molecule has 1 aromatic carbocycles. The van der Waals surface area contributed by atoms with Crippen molar-refractivity contribution in [2.45, 2.75) is 13.3 Å². The van der Waals surface area contributed by atoms with Crippen LogP contribution in [0, 0.1) is 6.92 Å². The molecule has 0 spiro atoms. The van der Waals surface area contributed by atoms with Crippen LogP contribution >= 0.6 is 23.2 Å². The van der Waals surface area contributed by atoms with Gasteiger partial charge in [-0.25, -0.2) is 9.67 Å². The lowest BCUT2D eigenvalue weighted by Gasteiger charge is -2.07. The molecule has 0 saturated heterocycles. The number of nitrogens with zero attached hydrogens (tertiary/aromatic N) is 3. The average molecular weight is 328 g/mol. The van der Waals surface area contributed by atoms with Crippen LogP contribution in [0.25, 0.3) is 5.69 Å². The zero-order chi connectivity index (χ0) is 15.4. The van der Waals surface area contributed by atoms with Crippen molar-refractivity contribution >= 4 is 29.1 Å². The van der Waals surface area contributed by atoms with Crippen LogP contribution in [0.15, 0.2) is 18.2 Å². The van der Waals surface area contributed by atoms with E-state index in [0.29, 0.717) is 41.1 Å². The minimum absolute atomic E-state index is 0.0699. The molecule has 0 fully saturated rings. The summed E-state index contributed by atoms with van der Waals surface area (Å²) in [4.78, 5) is 16.1. The molecular formula is C13H15Cl2N5O. The Balaban J connectivity index is 2.29. The lowest BCUT2D eigenvalue weighted by Crippen LogP contribution is -2.27. The highest BCUT2D eigenvalue weighted by molar-refractivity contribution is 6.37. The van der Waals surface area contributed by atoms with Crippen LogP contribution in [0.5, 0.6) is 0 Å². The number of hydrogen-bond donors (Lipinski definition) is 2. The summed E-state index contributed by atoms with van der Waals surface area (Å²) in [6, 6.07) is 5.14. The van der Waals surface area contributed by atoms with Gasteiger partial charge in [0.05, 0.1) is 10.0 Å². The Morgan fingerprint density at radius 1 is 1.38 bits per heavy atom. The Bertz CT molecular complexity index is 636. The van der Waals surface area contributed by atoms with Crippen LogP contribution in [-0.4, -0.2) is 33.8 Å². The van der Waals surface area contributed by atoms with E-state index in [-0.39, 0.29) is 11.7 Å². The van der Waals surface area contributed by atoms with Crippen LogP contribution in [0.3, 0.4) is 0 Å². The van der Waals surface area contributed by atoms with Crippen molar-refractivity contribution in [3.05, 3.63) is 39.9 Å². The summed E-state index contributed by atoms with van der Waals surface area (Å²) in [5.41, 5.74) is 5.88. The number of aryl methyl sites for hydroxylation is 1. The molecule has 2 aromatic rings. The second kappa shape index (κ2) is 6.89. The highest BCUT2D eigenvalue weighted by Gasteiger charge is 2.17. The first kappa shape index (κ1) is 15.8. The van der Waals surface area contributed by atoms with E-state index < -0.39 is 0 Å². The molecule has 6 nitrogen and oxygen atoms in total. The molecule has 1 aromatic heterocycles. The van der Waals surface area contributed by atoms with Crippen molar-refractivity contribution in [2.24, 2.45) is 5.73 Å². The van der Waals surface area contributed by atoms with Crippen molar-refractivity contribution < 1.29 is 4.79 Å². The zero-order valence-electron chi connectivity index (χ0n) is 11.4. The molecular weight excluding hydrogens is 313 g/mol. The van der Waals surface area contributed by atoms with Gasteiger partial charge in [0.25, 0.3) is 5.91 Å². The van der Waals surface area contributed by atoms with Gasteiger partial charge in [-0.3, -0.25) is 4.79 Å². The number of amides is 1. The molecule has 0 atom stereocenters. The molecule has 112 valence electrons. The Hall–Kier alpha value is -1.63. The van der Waals surface area contributed by atoms with Gasteiger partial charge in [-0.15, -0.1) is 5.10 Å². The molecule has 0 aliphatic heterocycles.